The van der Waals surface area contributed by atoms with Crippen LogP contribution in [0.1, 0.15) is 44.9 Å². The van der Waals surface area contributed by atoms with Crippen molar-refractivity contribution in [2.75, 3.05) is 20.3 Å². The van der Waals surface area contributed by atoms with E-state index < -0.39 is 6.10 Å². The molecule has 1 aromatic carbocycles. The quantitative estimate of drug-likeness (QED) is 0.794. The second-order valence-corrected chi connectivity index (χ2v) is 5.60. The molecule has 0 saturated carbocycles. The van der Waals surface area contributed by atoms with E-state index in [2.05, 4.69) is 44.7 Å². The lowest BCUT2D eigenvalue weighted by Gasteiger charge is -2.35. The summed E-state index contributed by atoms with van der Waals surface area (Å²) in [5.74, 6) is 0. The molecule has 20 heavy (non-hydrogen) atoms. The van der Waals surface area contributed by atoms with Gasteiger partial charge in [0.1, 0.15) is 0 Å². The first-order valence-electron chi connectivity index (χ1n) is 7.52. The van der Waals surface area contributed by atoms with Crippen molar-refractivity contribution in [2.45, 2.75) is 52.3 Å². The minimum absolute atomic E-state index is 0.0672. The van der Waals surface area contributed by atoms with Crippen molar-refractivity contribution >= 4 is 0 Å². The molecule has 3 heteroatoms. The molecule has 114 valence electrons. The van der Waals surface area contributed by atoms with Crippen LogP contribution in [-0.4, -0.2) is 42.4 Å². The molecule has 0 heterocycles. The van der Waals surface area contributed by atoms with Gasteiger partial charge in [-0.1, -0.05) is 31.2 Å². The summed E-state index contributed by atoms with van der Waals surface area (Å²) >= 11 is 0. The fraction of sp³-hybridized carbons (Fsp3) is 0.647. The molecular weight excluding hydrogens is 250 g/mol. The SMILES string of the molecule is CCc1ccc(C(O)C(C)N(CCOC)C(C)C)cc1. The molecule has 0 amide bonds. The zero-order valence-corrected chi connectivity index (χ0v) is 13.5. The van der Waals surface area contributed by atoms with Crippen LogP contribution in [0.3, 0.4) is 0 Å². The van der Waals surface area contributed by atoms with E-state index in [1.165, 1.54) is 5.56 Å². The Morgan fingerprint density at radius 1 is 1.15 bits per heavy atom. The minimum Gasteiger partial charge on any atom is -0.387 e. The number of ether oxygens (including phenoxy) is 1. The molecule has 0 aliphatic rings. The van der Waals surface area contributed by atoms with E-state index in [1.807, 2.05) is 12.1 Å². The largest absolute Gasteiger partial charge is 0.387 e. The van der Waals surface area contributed by atoms with E-state index in [4.69, 9.17) is 4.74 Å². The summed E-state index contributed by atoms with van der Waals surface area (Å²) < 4.78 is 5.17. The minimum atomic E-state index is -0.472. The Bertz CT molecular complexity index is 375. The highest BCUT2D eigenvalue weighted by atomic mass is 16.5. The number of hydrogen-bond acceptors (Lipinski definition) is 3. The van der Waals surface area contributed by atoms with Gasteiger partial charge >= 0.3 is 0 Å². The maximum atomic E-state index is 10.6. The molecule has 1 rings (SSSR count). The van der Waals surface area contributed by atoms with Crippen LogP contribution in [0, 0.1) is 0 Å². The molecule has 3 nitrogen and oxygen atoms in total. The Balaban J connectivity index is 2.78. The van der Waals surface area contributed by atoms with E-state index in [0.29, 0.717) is 12.6 Å². The summed E-state index contributed by atoms with van der Waals surface area (Å²) in [5, 5.41) is 10.6. The number of nitrogens with zero attached hydrogens (tertiary/aromatic N) is 1. The van der Waals surface area contributed by atoms with Crippen LogP contribution < -0.4 is 0 Å². The number of aliphatic hydroxyl groups is 1. The van der Waals surface area contributed by atoms with Crippen molar-refractivity contribution in [3.8, 4) is 0 Å². The van der Waals surface area contributed by atoms with Crippen LogP contribution in [0.25, 0.3) is 0 Å². The van der Waals surface area contributed by atoms with Gasteiger partial charge in [-0.25, -0.2) is 0 Å². The molecule has 0 saturated heterocycles. The smallest absolute Gasteiger partial charge is 0.0942 e. The fourth-order valence-corrected chi connectivity index (χ4v) is 2.54. The highest BCUT2D eigenvalue weighted by Gasteiger charge is 2.24. The van der Waals surface area contributed by atoms with Gasteiger partial charge in [0.2, 0.25) is 0 Å². The Labute approximate surface area is 123 Å². The van der Waals surface area contributed by atoms with Gasteiger partial charge in [0.25, 0.3) is 0 Å². The topological polar surface area (TPSA) is 32.7 Å². The lowest BCUT2D eigenvalue weighted by Crippen LogP contribution is -2.44. The third kappa shape index (κ3) is 4.58. The highest BCUT2D eigenvalue weighted by Crippen LogP contribution is 2.23. The average molecular weight is 279 g/mol. The Kier molecular flexibility index (Phi) is 7.20. The van der Waals surface area contributed by atoms with Crippen molar-refractivity contribution in [1.82, 2.24) is 4.90 Å². The van der Waals surface area contributed by atoms with Crippen LogP contribution in [0.4, 0.5) is 0 Å². The van der Waals surface area contributed by atoms with Gasteiger partial charge in [-0.3, -0.25) is 4.90 Å². The first-order chi connectivity index (χ1) is 9.51. The fourth-order valence-electron chi connectivity index (χ4n) is 2.54. The second-order valence-electron chi connectivity index (χ2n) is 5.60. The molecule has 0 bridgehead atoms. The van der Waals surface area contributed by atoms with Crippen molar-refractivity contribution in [1.29, 1.82) is 0 Å². The number of benzene rings is 1. The molecule has 0 aromatic heterocycles. The summed E-state index contributed by atoms with van der Waals surface area (Å²) in [5.41, 5.74) is 2.28. The first-order valence-corrected chi connectivity index (χ1v) is 7.52. The lowest BCUT2D eigenvalue weighted by molar-refractivity contribution is 0.0245. The van der Waals surface area contributed by atoms with Crippen molar-refractivity contribution in [3.05, 3.63) is 35.4 Å². The number of methoxy groups -OCH3 is 1. The van der Waals surface area contributed by atoms with E-state index in [0.717, 1.165) is 18.5 Å². The molecule has 0 fully saturated rings. The normalized spacial score (nSPS) is 14.8. The van der Waals surface area contributed by atoms with E-state index >= 15 is 0 Å². The zero-order chi connectivity index (χ0) is 15.1. The Hall–Kier alpha value is -0.900. The van der Waals surface area contributed by atoms with Gasteiger partial charge < -0.3 is 9.84 Å². The Morgan fingerprint density at radius 3 is 2.20 bits per heavy atom. The molecule has 0 aliphatic carbocycles. The van der Waals surface area contributed by atoms with Crippen LogP contribution in [-0.2, 0) is 11.2 Å². The van der Waals surface area contributed by atoms with Crippen molar-refractivity contribution in [3.63, 3.8) is 0 Å². The predicted molar refractivity (Wildman–Crippen MR) is 84.0 cm³/mol. The molecule has 0 spiro atoms. The summed E-state index contributed by atoms with van der Waals surface area (Å²) in [6.07, 6.45) is 0.554. The zero-order valence-electron chi connectivity index (χ0n) is 13.5. The maximum absolute atomic E-state index is 10.6. The van der Waals surface area contributed by atoms with Gasteiger partial charge in [0.05, 0.1) is 12.7 Å². The molecule has 2 unspecified atom stereocenters. The molecule has 0 aliphatic heterocycles. The van der Waals surface area contributed by atoms with Crippen molar-refractivity contribution < 1.29 is 9.84 Å². The van der Waals surface area contributed by atoms with Crippen LogP contribution >= 0.6 is 0 Å². The molecule has 1 aromatic rings. The number of hydrogen-bond donors (Lipinski definition) is 1. The Morgan fingerprint density at radius 2 is 1.75 bits per heavy atom. The summed E-state index contributed by atoms with van der Waals surface area (Å²) in [7, 11) is 1.71. The summed E-state index contributed by atoms with van der Waals surface area (Å²) in [6.45, 7) is 10.0. The van der Waals surface area contributed by atoms with Gasteiger partial charge in [-0.2, -0.15) is 0 Å². The average Bonchev–Trinajstić information content (AvgIpc) is 2.46. The molecule has 2 atom stereocenters. The van der Waals surface area contributed by atoms with Gasteiger partial charge in [0, 0.05) is 25.7 Å². The van der Waals surface area contributed by atoms with Crippen LogP contribution in [0.5, 0.6) is 0 Å². The third-order valence-electron chi connectivity index (χ3n) is 3.93. The van der Waals surface area contributed by atoms with Gasteiger partial charge in [0.15, 0.2) is 0 Å². The second kappa shape index (κ2) is 8.40. The monoisotopic (exact) mass is 279 g/mol. The number of rotatable bonds is 8. The highest BCUT2D eigenvalue weighted by molar-refractivity contribution is 5.25. The molecule has 1 N–H and O–H groups in total. The molecular formula is C17H29NO2. The summed E-state index contributed by atoms with van der Waals surface area (Å²) in [4.78, 5) is 2.28. The predicted octanol–water partition coefficient (Wildman–Crippen LogP) is 3.03. The van der Waals surface area contributed by atoms with E-state index in [1.54, 1.807) is 7.11 Å². The molecule has 0 radical (unpaired) electrons. The number of aliphatic hydroxyl groups excluding tert-OH is 1. The standard InChI is InChI=1S/C17H29NO2/c1-6-15-7-9-16(10-8-15)17(19)14(4)18(13(2)3)11-12-20-5/h7-10,13-14,17,19H,6,11-12H2,1-5H3. The van der Waals surface area contributed by atoms with Gasteiger partial charge in [-0.05, 0) is 38.3 Å². The maximum Gasteiger partial charge on any atom is 0.0942 e. The first kappa shape index (κ1) is 17.2. The lowest BCUT2D eigenvalue weighted by atomic mass is 9.99. The summed E-state index contributed by atoms with van der Waals surface area (Å²) in [6, 6.07) is 8.71. The van der Waals surface area contributed by atoms with E-state index in [-0.39, 0.29) is 6.04 Å². The van der Waals surface area contributed by atoms with Gasteiger partial charge in [-0.15, -0.1) is 0 Å². The van der Waals surface area contributed by atoms with Crippen LogP contribution in [0.2, 0.25) is 0 Å². The van der Waals surface area contributed by atoms with Crippen LogP contribution in [0.15, 0.2) is 24.3 Å². The van der Waals surface area contributed by atoms with Crippen molar-refractivity contribution in [2.24, 2.45) is 0 Å². The number of aryl methyl sites for hydroxylation is 1. The van der Waals surface area contributed by atoms with E-state index in [9.17, 15) is 5.11 Å². The third-order valence-corrected chi connectivity index (χ3v) is 3.93.